The fourth-order valence-corrected chi connectivity index (χ4v) is 4.32. The highest BCUT2D eigenvalue weighted by molar-refractivity contribution is 7.89. The maximum Gasteiger partial charge on any atom is 0.240 e. The standard InChI is InChI=1S/C21H28N4O3S/c1-16-5-7-19(13-17(16)2)29(27,28)24-10-9-21(26)23-15-18-6-8-20(22-14-18)25-11-3-4-12-25/h5-8,13-14,24H,3-4,9-12,15H2,1-2H3,(H,23,26). The molecule has 29 heavy (non-hydrogen) atoms. The van der Waals surface area contributed by atoms with Gasteiger partial charge in [-0.3, -0.25) is 4.79 Å². The van der Waals surface area contributed by atoms with E-state index in [1.54, 1.807) is 24.4 Å². The molecule has 1 aliphatic rings. The van der Waals surface area contributed by atoms with Gasteiger partial charge in [0.15, 0.2) is 0 Å². The molecule has 0 aliphatic carbocycles. The van der Waals surface area contributed by atoms with Gasteiger partial charge in [0.1, 0.15) is 5.82 Å². The molecule has 0 spiro atoms. The SMILES string of the molecule is Cc1ccc(S(=O)(=O)NCCC(=O)NCc2ccc(N3CCCC3)nc2)cc1C. The highest BCUT2D eigenvalue weighted by Gasteiger charge is 2.15. The van der Waals surface area contributed by atoms with Gasteiger partial charge in [0.25, 0.3) is 0 Å². The largest absolute Gasteiger partial charge is 0.357 e. The van der Waals surface area contributed by atoms with Gasteiger partial charge in [-0.2, -0.15) is 0 Å². The third-order valence-electron chi connectivity index (χ3n) is 5.16. The molecule has 1 amide bonds. The average molecular weight is 417 g/mol. The van der Waals surface area contributed by atoms with Crippen LogP contribution in [0.4, 0.5) is 5.82 Å². The van der Waals surface area contributed by atoms with Gasteiger partial charge in [0, 0.05) is 38.8 Å². The molecular formula is C21H28N4O3S. The second-order valence-electron chi connectivity index (χ2n) is 7.39. The number of nitrogens with one attached hydrogen (secondary N) is 2. The molecule has 2 aromatic rings. The molecule has 0 atom stereocenters. The van der Waals surface area contributed by atoms with E-state index < -0.39 is 10.0 Å². The van der Waals surface area contributed by atoms with Gasteiger partial charge in [-0.05, 0) is 61.6 Å². The molecule has 156 valence electrons. The first-order valence-corrected chi connectivity index (χ1v) is 11.4. The maximum atomic E-state index is 12.3. The minimum Gasteiger partial charge on any atom is -0.357 e. The number of carbonyl (C=O) groups excluding carboxylic acids is 1. The summed E-state index contributed by atoms with van der Waals surface area (Å²) in [6.45, 7) is 6.30. The van der Waals surface area contributed by atoms with Crippen LogP contribution in [0.2, 0.25) is 0 Å². The molecule has 1 aromatic heterocycles. The van der Waals surface area contributed by atoms with Crippen LogP contribution in [-0.2, 0) is 21.4 Å². The zero-order valence-corrected chi connectivity index (χ0v) is 17.8. The molecule has 2 N–H and O–H groups in total. The Morgan fingerprint density at radius 1 is 1.10 bits per heavy atom. The first kappa shape index (κ1) is 21.3. The summed E-state index contributed by atoms with van der Waals surface area (Å²) in [6, 6.07) is 8.92. The molecule has 3 rings (SSSR count). The monoisotopic (exact) mass is 416 g/mol. The highest BCUT2D eigenvalue weighted by atomic mass is 32.2. The lowest BCUT2D eigenvalue weighted by Crippen LogP contribution is -2.30. The smallest absolute Gasteiger partial charge is 0.240 e. The summed E-state index contributed by atoms with van der Waals surface area (Å²) in [5.74, 6) is 0.759. The number of rotatable bonds is 8. The topological polar surface area (TPSA) is 91.4 Å². The number of aromatic nitrogens is 1. The number of aryl methyl sites for hydroxylation is 2. The Balaban J connectivity index is 1.43. The van der Waals surface area contributed by atoms with Gasteiger partial charge < -0.3 is 10.2 Å². The minimum absolute atomic E-state index is 0.0488. The number of hydrogen-bond donors (Lipinski definition) is 2. The van der Waals surface area contributed by atoms with Gasteiger partial charge in [0.2, 0.25) is 15.9 Å². The number of nitrogens with zero attached hydrogens (tertiary/aromatic N) is 2. The Kier molecular flexibility index (Phi) is 6.87. The number of anilines is 1. The van der Waals surface area contributed by atoms with E-state index in [1.165, 1.54) is 12.8 Å². The Morgan fingerprint density at radius 2 is 1.86 bits per heavy atom. The Hall–Kier alpha value is -2.45. The number of sulfonamides is 1. The minimum atomic E-state index is -3.62. The van der Waals surface area contributed by atoms with Crippen molar-refractivity contribution in [1.82, 2.24) is 15.0 Å². The van der Waals surface area contributed by atoms with Crippen molar-refractivity contribution in [1.29, 1.82) is 0 Å². The Bertz CT molecular complexity index is 952. The predicted octanol–water partition coefficient (Wildman–Crippen LogP) is 2.28. The maximum absolute atomic E-state index is 12.3. The quantitative estimate of drug-likeness (QED) is 0.689. The van der Waals surface area contributed by atoms with E-state index >= 15 is 0 Å². The molecule has 1 aromatic carbocycles. The van der Waals surface area contributed by atoms with E-state index in [0.29, 0.717) is 6.54 Å². The Morgan fingerprint density at radius 3 is 2.52 bits per heavy atom. The molecule has 7 nitrogen and oxygen atoms in total. The third-order valence-corrected chi connectivity index (χ3v) is 6.62. The second kappa shape index (κ2) is 9.37. The van der Waals surface area contributed by atoms with Crippen LogP contribution in [0, 0.1) is 13.8 Å². The average Bonchev–Trinajstić information content (AvgIpc) is 3.23. The number of carbonyl (C=O) groups is 1. The van der Waals surface area contributed by atoms with Crippen LogP contribution in [0.3, 0.4) is 0 Å². The molecule has 0 unspecified atom stereocenters. The number of pyridine rings is 1. The second-order valence-corrected chi connectivity index (χ2v) is 9.16. The predicted molar refractivity (Wildman–Crippen MR) is 113 cm³/mol. The molecular weight excluding hydrogens is 388 g/mol. The zero-order chi connectivity index (χ0) is 20.9. The van der Waals surface area contributed by atoms with Gasteiger partial charge in [-0.1, -0.05) is 12.1 Å². The van der Waals surface area contributed by atoms with Crippen molar-refractivity contribution in [3.05, 3.63) is 53.2 Å². The van der Waals surface area contributed by atoms with Crippen molar-refractivity contribution in [2.24, 2.45) is 0 Å². The molecule has 2 heterocycles. The van der Waals surface area contributed by atoms with Crippen molar-refractivity contribution in [2.75, 3.05) is 24.5 Å². The van der Waals surface area contributed by atoms with Gasteiger partial charge in [-0.25, -0.2) is 18.1 Å². The van der Waals surface area contributed by atoms with Crippen molar-refractivity contribution in [3.63, 3.8) is 0 Å². The molecule has 1 aliphatic heterocycles. The molecule has 8 heteroatoms. The fourth-order valence-electron chi connectivity index (χ4n) is 3.21. The van der Waals surface area contributed by atoms with Crippen molar-refractivity contribution >= 4 is 21.7 Å². The van der Waals surface area contributed by atoms with Crippen LogP contribution in [-0.4, -0.2) is 38.9 Å². The van der Waals surface area contributed by atoms with E-state index in [4.69, 9.17) is 0 Å². The van der Waals surface area contributed by atoms with Crippen LogP contribution in [0.5, 0.6) is 0 Å². The molecule has 1 saturated heterocycles. The third kappa shape index (κ3) is 5.77. The number of benzene rings is 1. The van der Waals surface area contributed by atoms with Crippen LogP contribution < -0.4 is 14.9 Å². The normalized spacial score (nSPS) is 14.2. The van der Waals surface area contributed by atoms with Crippen LogP contribution in [0.25, 0.3) is 0 Å². The van der Waals surface area contributed by atoms with Gasteiger partial charge in [-0.15, -0.1) is 0 Å². The summed E-state index contributed by atoms with van der Waals surface area (Å²) in [5.41, 5.74) is 2.86. The first-order valence-electron chi connectivity index (χ1n) is 9.89. The summed E-state index contributed by atoms with van der Waals surface area (Å²) in [6.07, 6.45) is 4.25. The number of hydrogen-bond acceptors (Lipinski definition) is 5. The molecule has 0 saturated carbocycles. The lowest BCUT2D eigenvalue weighted by molar-refractivity contribution is -0.121. The van der Waals surface area contributed by atoms with Crippen LogP contribution in [0.15, 0.2) is 41.4 Å². The zero-order valence-electron chi connectivity index (χ0n) is 16.9. The fraction of sp³-hybridized carbons (Fsp3) is 0.429. The molecule has 1 fully saturated rings. The summed E-state index contributed by atoms with van der Waals surface area (Å²) in [5, 5.41) is 2.80. The van der Waals surface area contributed by atoms with E-state index in [1.807, 2.05) is 26.0 Å². The molecule has 0 radical (unpaired) electrons. The van der Waals surface area contributed by atoms with Crippen molar-refractivity contribution in [2.45, 2.75) is 44.6 Å². The summed E-state index contributed by atoms with van der Waals surface area (Å²) in [4.78, 5) is 19.0. The summed E-state index contributed by atoms with van der Waals surface area (Å²) < 4.78 is 27.2. The van der Waals surface area contributed by atoms with E-state index in [-0.39, 0.29) is 23.8 Å². The Labute approximate surface area is 172 Å². The van der Waals surface area contributed by atoms with Crippen molar-refractivity contribution in [3.8, 4) is 0 Å². The van der Waals surface area contributed by atoms with Crippen LogP contribution in [0.1, 0.15) is 36.0 Å². The number of amides is 1. The van der Waals surface area contributed by atoms with E-state index in [0.717, 1.165) is 35.6 Å². The van der Waals surface area contributed by atoms with E-state index in [9.17, 15) is 13.2 Å². The first-order chi connectivity index (χ1) is 13.8. The highest BCUT2D eigenvalue weighted by Crippen LogP contribution is 2.17. The van der Waals surface area contributed by atoms with Gasteiger partial charge >= 0.3 is 0 Å². The van der Waals surface area contributed by atoms with Crippen molar-refractivity contribution < 1.29 is 13.2 Å². The lowest BCUT2D eigenvalue weighted by Gasteiger charge is -2.16. The lowest BCUT2D eigenvalue weighted by atomic mass is 10.1. The summed E-state index contributed by atoms with van der Waals surface area (Å²) in [7, 11) is -3.62. The summed E-state index contributed by atoms with van der Waals surface area (Å²) >= 11 is 0. The van der Waals surface area contributed by atoms with Crippen LogP contribution >= 0.6 is 0 Å². The van der Waals surface area contributed by atoms with Gasteiger partial charge in [0.05, 0.1) is 4.90 Å². The molecule has 0 bridgehead atoms. The van der Waals surface area contributed by atoms with E-state index in [2.05, 4.69) is 19.9 Å².